The Labute approximate surface area is 57.6 Å². The monoisotopic (exact) mass is 150 g/mol. The maximum atomic E-state index is 0. The van der Waals surface area contributed by atoms with Gasteiger partial charge >= 0.3 is 0 Å². The van der Waals surface area contributed by atoms with Crippen molar-refractivity contribution in [1.29, 1.82) is 0 Å². The Kier molecular flexibility index (Phi) is 220. The van der Waals surface area contributed by atoms with Gasteiger partial charge in [0.1, 0.15) is 0 Å². The zero-order chi connectivity index (χ0) is 0. The summed E-state index contributed by atoms with van der Waals surface area (Å²) >= 11 is 0. The van der Waals surface area contributed by atoms with Crippen LogP contribution in [0.25, 0.3) is 0 Å². The summed E-state index contributed by atoms with van der Waals surface area (Å²) in [5.74, 6) is 0. The summed E-state index contributed by atoms with van der Waals surface area (Å²) in [5.41, 5.74) is 0. The molecule has 0 aromatic carbocycles. The average Bonchev–Trinajstić information content (AvgIpc) is 0. The summed E-state index contributed by atoms with van der Waals surface area (Å²) in [6, 6.07) is 0. The molecule has 4 heavy (non-hydrogen) atoms. The van der Waals surface area contributed by atoms with Gasteiger partial charge in [-0.15, -0.1) is 0 Å². The minimum atomic E-state index is 0. The SMILES string of the molecule is [Al].[P].[Si].[Zn]. The summed E-state index contributed by atoms with van der Waals surface area (Å²) < 4.78 is 0. The van der Waals surface area contributed by atoms with Gasteiger partial charge in [-0.3, -0.25) is 0 Å². The van der Waals surface area contributed by atoms with Crippen molar-refractivity contribution in [1.82, 2.24) is 0 Å². The molecule has 14 valence electrons. The zero-order valence-corrected chi connectivity index (χ0v) is 8.25. The zero-order valence-electron chi connectivity index (χ0n) is 2.23. The molecule has 0 spiro atoms. The molecule has 0 nitrogen and oxygen atoms in total. The van der Waals surface area contributed by atoms with Crippen molar-refractivity contribution in [2.24, 2.45) is 0 Å². The van der Waals surface area contributed by atoms with Crippen molar-refractivity contribution in [2.45, 2.75) is 0 Å². The molecule has 0 amide bonds. The summed E-state index contributed by atoms with van der Waals surface area (Å²) in [7, 11) is 0. The molecule has 0 fully saturated rings. The van der Waals surface area contributed by atoms with Crippen LogP contribution < -0.4 is 0 Å². The van der Waals surface area contributed by atoms with E-state index in [9.17, 15) is 0 Å². The van der Waals surface area contributed by atoms with Crippen LogP contribution in [-0.2, 0) is 19.5 Å². The molecular formula is AlPSiZn. The molecule has 0 aromatic rings. The molecule has 0 aliphatic rings. The topological polar surface area (TPSA) is 0 Å². The molecule has 0 atom stereocenters. The van der Waals surface area contributed by atoms with E-state index in [1.54, 1.807) is 0 Å². The van der Waals surface area contributed by atoms with Crippen LogP contribution in [0.15, 0.2) is 0 Å². The summed E-state index contributed by atoms with van der Waals surface area (Å²) in [4.78, 5) is 0. The molecule has 0 saturated carbocycles. The van der Waals surface area contributed by atoms with E-state index in [0.717, 1.165) is 0 Å². The van der Waals surface area contributed by atoms with Gasteiger partial charge in [0.2, 0.25) is 0 Å². The molecular weight excluding hydrogens is 151 g/mol. The molecule has 0 bridgehead atoms. The molecule has 10 radical (unpaired) electrons. The fourth-order valence-electron chi connectivity index (χ4n) is 0. The van der Waals surface area contributed by atoms with E-state index in [0.29, 0.717) is 0 Å². The van der Waals surface area contributed by atoms with E-state index < -0.39 is 0 Å². The smallest absolute Gasteiger partial charge is 0 e. The van der Waals surface area contributed by atoms with Gasteiger partial charge in [-0.1, -0.05) is 0 Å². The molecule has 0 heterocycles. The first-order valence-electron chi connectivity index (χ1n) is 0. The number of hydrogen-bond donors (Lipinski definition) is 0. The first kappa shape index (κ1) is 41.2. The minimum absolute atomic E-state index is 0. The van der Waals surface area contributed by atoms with E-state index in [2.05, 4.69) is 0 Å². The Morgan fingerprint density at radius 1 is 1.00 bits per heavy atom. The summed E-state index contributed by atoms with van der Waals surface area (Å²) in [6.45, 7) is 0. The molecule has 0 aromatic heterocycles. The third kappa shape index (κ3) is 9.19. The van der Waals surface area contributed by atoms with Crippen molar-refractivity contribution in [3.63, 3.8) is 0 Å². The Morgan fingerprint density at radius 3 is 1.00 bits per heavy atom. The van der Waals surface area contributed by atoms with E-state index in [-0.39, 0.29) is 57.7 Å². The normalized spacial score (nSPS) is 0. The molecule has 0 aliphatic carbocycles. The van der Waals surface area contributed by atoms with Crippen molar-refractivity contribution in [3.05, 3.63) is 0 Å². The van der Waals surface area contributed by atoms with Gasteiger partial charge in [-0.05, 0) is 0 Å². The average molecular weight is 151 g/mol. The van der Waals surface area contributed by atoms with Gasteiger partial charge in [0, 0.05) is 57.7 Å². The number of rotatable bonds is 0. The molecule has 0 N–H and O–H groups in total. The molecule has 0 rings (SSSR count). The van der Waals surface area contributed by atoms with Crippen LogP contribution in [-0.4, -0.2) is 28.3 Å². The second-order valence-electron chi connectivity index (χ2n) is 0. The predicted molar refractivity (Wildman–Crippen MR) is 18.4 cm³/mol. The van der Waals surface area contributed by atoms with Crippen molar-refractivity contribution in [3.8, 4) is 0 Å². The molecule has 0 saturated heterocycles. The van der Waals surface area contributed by atoms with E-state index >= 15 is 0 Å². The third-order valence-electron chi connectivity index (χ3n) is 0. The second-order valence-corrected chi connectivity index (χ2v) is 0. The van der Waals surface area contributed by atoms with Crippen molar-refractivity contribution >= 4 is 38.2 Å². The standard InChI is InChI=1S/Al.P.Si.Zn. The fraction of sp³-hybridized carbons (Fsp3) is 0. The maximum Gasteiger partial charge on any atom is 0 e. The first-order chi connectivity index (χ1) is 0. The Morgan fingerprint density at radius 2 is 1.00 bits per heavy atom. The summed E-state index contributed by atoms with van der Waals surface area (Å²) in [6.07, 6.45) is 0. The van der Waals surface area contributed by atoms with E-state index in [1.807, 2.05) is 0 Å². The Bertz CT molecular complexity index is 8.00. The minimum Gasteiger partial charge on any atom is 0 e. The van der Waals surface area contributed by atoms with Gasteiger partial charge in [-0.25, -0.2) is 0 Å². The van der Waals surface area contributed by atoms with Crippen molar-refractivity contribution in [2.75, 3.05) is 0 Å². The maximum absolute atomic E-state index is 0. The quantitative estimate of drug-likeness (QED) is 0.340. The Balaban J connectivity index is 0. The van der Waals surface area contributed by atoms with Crippen LogP contribution in [0.2, 0.25) is 0 Å². The van der Waals surface area contributed by atoms with E-state index in [1.165, 1.54) is 0 Å². The predicted octanol–water partition coefficient (Wildman–Crippen LogP) is 0.0971. The van der Waals surface area contributed by atoms with Crippen LogP contribution in [0.4, 0.5) is 0 Å². The van der Waals surface area contributed by atoms with Crippen LogP contribution in [0.5, 0.6) is 0 Å². The van der Waals surface area contributed by atoms with Crippen LogP contribution >= 0.6 is 9.90 Å². The van der Waals surface area contributed by atoms with Crippen LogP contribution in [0, 0.1) is 0 Å². The fourth-order valence-corrected chi connectivity index (χ4v) is 0. The largest absolute Gasteiger partial charge is 0 e. The summed E-state index contributed by atoms with van der Waals surface area (Å²) in [5, 5.41) is 0. The van der Waals surface area contributed by atoms with Crippen LogP contribution in [0.3, 0.4) is 0 Å². The molecule has 0 unspecified atom stereocenters. The Hall–Kier alpha value is 1.80. The van der Waals surface area contributed by atoms with Crippen molar-refractivity contribution < 1.29 is 19.5 Å². The molecule has 0 aliphatic heterocycles. The van der Waals surface area contributed by atoms with Gasteiger partial charge in [0.25, 0.3) is 0 Å². The van der Waals surface area contributed by atoms with Gasteiger partial charge in [-0.2, -0.15) is 0 Å². The van der Waals surface area contributed by atoms with E-state index in [4.69, 9.17) is 0 Å². The third-order valence-corrected chi connectivity index (χ3v) is 0. The van der Waals surface area contributed by atoms with Crippen LogP contribution in [0.1, 0.15) is 0 Å². The second kappa shape index (κ2) is 21.4. The molecule has 4 heteroatoms. The van der Waals surface area contributed by atoms with Gasteiger partial charge in [0.05, 0.1) is 0 Å². The van der Waals surface area contributed by atoms with Gasteiger partial charge < -0.3 is 0 Å². The number of hydrogen-bond acceptors (Lipinski definition) is 0. The van der Waals surface area contributed by atoms with Gasteiger partial charge in [0.15, 0.2) is 0 Å². The first-order valence-corrected chi connectivity index (χ1v) is 0.